The van der Waals surface area contributed by atoms with Gasteiger partial charge in [-0.2, -0.15) is 0 Å². The number of ether oxygens (including phenoxy) is 1. The lowest BCUT2D eigenvalue weighted by molar-refractivity contribution is 0.0981. The second-order valence-electron chi connectivity index (χ2n) is 10.6. The number of rotatable bonds is 7. The van der Waals surface area contributed by atoms with Gasteiger partial charge in [0.05, 0.1) is 17.4 Å². The molecule has 11 heteroatoms. The number of aromatic nitrogens is 3. The molecular weight excluding hydrogens is 504 g/mol. The molecule has 10 nitrogen and oxygen atoms in total. The summed E-state index contributed by atoms with van der Waals surface area (Å²) in [6.07, 6.45) is 3.95. The predicted molar refractivity (Wildman–Crippen MR) is 149 cm³/mol. The minimum atomic E-state index is -4.26. The standard InChI is InChI=1S/C27H34N6O4S.H2/c1-16(2)37-26-18(4)12-19(14-30-26)21-10-9-20(24(31-21)33-15-17(3)13-27(33,5)6)25(34)32-38(35,36)22-8-7-11-29-23(22)28;/h7-12,14,16-17H,13,15H2,1-6H3,(H2,28,29)(H,32,34);1H/t17-;/m0./s1. The van der Waals surface area contributed by atoms with Crippen LogP contribution in [-0.2, 0) is 10.0 Å². The van der Waals surface area contributed by atoms with Crippen LogP contribution in [0, 0.1) is 12.8 Å². The van der Waals surface area contributed by atoms with E-state index in [1.807, 2.05) is 26.8 Å². The van der Waals surface area contributed by atoms with Gasteiger partial charge in [0.15, 0.2) is 0 Å². The first-order valence-corrected chi connectivity index (χ1v) is 14.0. The fourth-order valence-corrected chi connectivity index (χ4v) is 5.91. The van der Waals surface area contributed by atoms with Crippen LogP contribution in [0.15, 0.2) is 47.6 Å². The van der Waals surface area contributed by atoms with Crippen molar-refractivity contribution in [3.63, 3.8) is 0 Å². The number of nitrogens with zero attached hydrogens (tertiary/aromatic N) is 4. The normalized spacial score (nSPS) is 17.0. The van der Waals surface area contributed by atoms with E-state index in [1.165, 1.54) is 18.3 Å². The van der Waals surface area contributed by atoms with Gasteiger partial charge in [-0.1, -0.05) is 6.92 Å². The molecule has 0 aliphatic carbocycles. The molecule has 3 aromatic heterocycles. The maximum absolute atomic E-state index is 13.4. The van der Waals surface area contributed by atoms with Crippen LogP contribution in [-0.4, -0.2) is 47.5 Å². The highest BCUT2D eigenvalue weighted by Crippen LogP contribution is 2.38. The molecule has 0 unspecified atom stereocenters. The van der Waals surface area contributed by atoms with Gasteiger partial charge < -0.3 is 15.4 Å². The van der Waals surface area contributed by atoms with Crippen LogP contribution in [0.5, 0.6) is 5.88 Å². The number of carbonyl (C=O) groups excluding carboxylic acids is 1. The molecule has 1 aliphatic heterocycles. The number of hydrogen-bond donors (Lipinski definition) is 2. The van der Waals surface area contributed by atoms with Crippen molar-refractivity contribution in [2.75, 3.05) is 17.2 Å². The fraction of sp³-hybridized carbons (Fsp3) is 0.407. The van der Waals surface area contributed by atoms with E-state index in [9.17, 15) is 13.2 Å². The summed E-state index contributed by atoms with van der Waals surface area (Å²) in [5.74, 6) is 0.330. The molecule has 204 valence electrons. The average molecular weight is 541 g/mol. The van der Waals surface area contributed by atoms with E-state index in [-0.39, 0.29) is 29.3 Å². The number of nitrogens with two attached hydrogens (primary N) is 1. The average Bonchev–Trinajstić information content (AvgIpc) is 3.11. The van der Waals surface area contributed by atoms with Crippen molar-refractivity contribution in [1.82, 2.24) is 19.7 Å². The zero-order valence-electron chi connectivity index (χ0n) is 22.5. The smallest absolute Gasteiger partial charge is 0.268 e. The van der Waals surface area contributed by atoms with E-state index >= 15 is 0 Å². The maximum atomic E-state index is 13.4. The topological polar surface area (TPSA) is 140 Å². The quantitative estimate of drug-likeness (QED) is 0.451. The Balaban J connectivity index is 0.00000420. The van der Waals surface area contributed by atoms with E-state index in [2.05, 4.69) is 40.4 Å². The van der Waals surface area contributed by atoms with E-state index in [1.54, 1.807) is 18.3 Å². The Kier molecular flexibility index (Phi) is 7.33. The summed E-state index contributed by atoms with van der Waals surface area (Å²) in [5, 5.41) is 0. The van der Waals surface area contributed by atoms with Crippen LogP contribution in [0.1, 0.15) is 58.4 Å². The molecule has 1 saturated heterocycles. The summed E-state index contributed by atoms with van der Waals surface area (Å²) in [6, 6.07) is 7.97. The molecule has 0 spiro atoms. The molecule has 4 heterocycles. The largest absolute Gasteiger partial charge is 0.475 e. The van der Waals surface area contributed by atoms with Crippen LogP contribution in [0.3, 0.4) is 0 Å². The number of pyridine rings is 3. The van der Waals surface area contributed by atoms with Crippen LogP contribution < -0.4 is 20.1 Å². The molecule has 1 fully saturated rings. The summed E-state index contributed by atoms with van der Waals surface area (Å²) in [6.45, 7) is 12.8. The van der Waals surface area contributed by atoms with Gasteiger partial charge in [-0.05, 0) is 77.3 Å². The van der Waals surface area contributed by atoms with E-state index in [4.69, 9.17) is 15.5 Å². The van der Waals surface area contributed by atoms with Crippen molar-refractivity contribution in [3.05, 3.63) is 53.9 Å². The monoisotopic (exact) mass is 540 g/mol. The van der Waals surface area contributed by atoms with Gasteiger partial charge in [-0.15, -0.1) is 0 Å². The fourth-order valence-electron chi connectivity index (χ4n) is 4.86. The Morgan fingerprint density at radius 2 is 2.00 bits per heavy atom. The first-order chi connectivity index (χ1) is 17.8. The Hall–Kier alpha value is -3.73. The van der Waals surface area contributed by atoms with Gasteiger partial charge in [0.25, 0.3) is 15.9 Å². The van der Waals surface area contributed by atoms with Gasteiger partial charge in [0.2, 0.25) is 5.88 Å². The number of sulfonamides is 1. The van der Waals surface area contributed by atoms with Crippen molar-refractivity contribution in [2.45, 2.75) is 64.5 Å². The Bertz CT molecular complexity index is 1480. The molecule has 38 heavy (non-hydrogen) atoms. The van der Waals surface area contributed by atoms with Crippen molar-refractivity contribution in [1.29, 1.82) is 0 Å². The highest BCUT2D eigenvalue weighted by molar-refractivity contribution is 7.90. The van der Waals surface area contributed by atoms with Crippen molar-refractivity contribution < 1.29 is 19.4 Å². The SMILES string of the molecule is Cc1cc(-c2ccc(C(=O)NS(=O)(=O)c3cccnc3N)c(N3C[C@@H](C)CC3(C)C)n2)cnc1OC(C)C.[HH]. The predicted octanol–water partition coefficient (Wildman–Crippen LogP) is 4.21. The van der Waals surface area contributed by atoms with Gasteiger partial charge in [-0.3, -0.25) is 4.79 Å². The van der Waals surface area contributed by atoms with Crippen LogP contribution in [0.4, 0.5) is 11.6 Å². The highest BCUT2D eigenvalue weighted by atomic mass is 32.2. The Morgan fingerprint density at radius 1 is 1.26 bits per heavy atom. The summed E-state index contributed by atoms with van der Waals surface area (Å²) >= 11 is 0. The molecular formula is C27H36N6O4S. The number of carbonyl (C=O) groups is 1. The zero-order valence-corrected chi connectivity index (χ0v) is 23.3. The Morgan fingerprint density at radius 3 is 2.61 bits per heavy atom. The van der Waals surface area contributed by atoms with E-state index in [0.717, 1.165) is 17.5 Å². The summed E-state index contributed by atoms with van der Waals surface area (Å²) < 4.78 is 33.9. The maximum Gasteiger partial charge on any atom is 0.268 e. The molecule has 1 amide bonds. The number of nitrogen functional groups attached to an aromatic ring is 1. The number of amides is 1. The van der Waals surface area contributed by atoms with Crippen molar-refractivity contribution >= 4 is 27.6 Å². The van der Waals surface area contributed by atoms with Crippen LogP contribution >= 0.6 is 0 Å². The van der Waals surface area contributed by atoms with Crippen LogP contribution in [0.2, 0.25) is 0 Å². The van der Waals surface area contributed by atoms with Crippen molar-refractivity contribution in [3.8, 4) is 17.1 Å². The lowest BCUT2D eigenvalue weighted by Crippen LogP contribution is -2.41. The number of hydrogen-bond acceptors (Lipinski definition) is 9. The second-order valence-corrected chi connectivity index (χ2v) is 12.3. The molecule has 1 atom stereocenters. The van der Waals surface area contributed by atoms with E-state index < -0.39 is 15.9 Å². The number of anilines is 2. The first kappa shape index (κ1) is 27.3. The molecule has 0 saturated carbocycles. The number of aryl methyl sites for hydroxylation is 1. The van der Waals surface area contributed by atoms with Crippen LogP contribution in [0.25, 0.3) is 11.3 Å². The lowest BCUT2D eigenvalue weighted by atomic mass is 9.97. The zero-order chi connectivity index (χ0) is 27.8. The third-order valence-corrected chi connectivity index (χ3v) is 7.82. The van der Waals surface area contributed by atoms with Gasteiger partial charge in [-0.25, -0.2) is 28.1 Å². The molecule has 3 N–H and O–H groups in total. The summed E-state index contributed by atoms with van der Waals surface area (Å²) in [5.41, 5.74) is 7.83. The molecule has 3 aromatic rings. The molecule has 4 rings (SSSR count). The third kappa shape index (κ3) is 5.57. The third-order valence-electron chi connectivity index (χ3n) is 6.44. The highest BCUT2D eigenvalue weighted by Gasteiger charge is 2.39. The molecule has 0 aromatic carbocycles. The van der Waals surface area contributed by atoms with Gasteiger partial charge in [0, 0.05) is 37.0 Å². The second kappa shape index (κ2) is 10.2. The number of nitrogens with one attached hydrogen (secondary N) is 1. The first-order valence-electron chi connectivity index (χ1n) is 12.5. The summed E-state index contributed by atoms with van der Waals surface area (Å²) in [7, 11) is -4.26. The lowest BCUT2D eigenvalue weighted by Gasteiger charge is -2.34. The molecule has 0 bridgehead atoms. The minimum absolute atomic E-state index is 0. The molecule has 0 radical (unpaired) electrons. The van der Waals surface area contributed by atoms with Crippen molar-refractivity contribution in [2.24, 2.45) is 5.92 Å². The van der Waals surface area contributed by atoms with Gasteiger partial charge >= 0.3 is 0 Å². The molecule has 1 aliphatic rings. The van der Waals surface area contributed by atoms with Gasteiger partial charge in [0.1, 0.15) is 16.5 Å². The van der Waals surface area contributed by atoms with E-state index in [0.29, 0.717) is 29.9 Å². The Labute approximate surface area is 225 Å². The minimum Gasteiger partial charge on any atom is -0.475 e. The summed E-state index contributed by atoms with van der Waals surface area (Å²) in [4.78, 5) is 28.4.